The summed E-state index contributed by atoms with van der Waals surface area (Å²) in [6.07, 6.45) is 4.20. The molecule has 1 saturated carbocycles. The lowest BCUT2D eigenvalue weighted by Crippen LogP contribution is -2.33. The first kappa shape index (κ1) is 10.2. The lowest BCUT2D eigenvalue weighted by atomic mass is 10.0. The van der Waals surface area contributed by atoms with E-state index in [-0.39, 0.29) is 6.04 Å². The Balaban J connectivity index is 1.94. The molecule has 16 heavy (non-hydrogen) atoms. The summed E-state index contributed by atoms with van der Waals surface area (Å²) in [4.78, 5) is 2.59. The Morgan fingerprint density at radius 1 is 1.31 bits per heavy atom. The van der Waals surface area contributed by atoms with Gasteiger partial charge in [0.25, 0.3) is 0 Å². The van der Waals surface area contributed by atoms with Crippen molar-refractivity contribution in [2.75, 3.05) is 11.4 Å². The average molecular weight is 216 g/mol. The van der Waals surface area contributed by atoms with Crippen LogP contribution in [0.2, 0.25) is 0 Å². The molecule has 2 aliphatic rings. The summed E-state index contributed by atoms with van der Waals surface area (Å²) >= 11 is 0. The fourth-order valence-electron chi connectivity index (χ4n) is 3.35. The first-order valence-corrected chi connectivity index (χ1v) is 6.37. The van der Waals surface area contributed by atoms with E-state index >= 15 is 0 Å². The summed E-state index contributed by atoms with van der Waals surface area (Å²) in [6.45, 7) is 3.32. The van der Waals surface area contributed by atoms with Crippen molar-refractivity contribution in [3.63, 3.8) is 0 Å². The Bertz CT molecular complexity index is 386. The zero-order chi connectivity index (χ0) is 11.1. The predicted molar refractivity (Wildman–Crippen MR) is 67.5 cm³/mol. The molecular formula is C14H20N2. The molecule has 2 heteroatoms. The molecule has 1 saturated heterocycles. The van der Waals surface area contributed by atoms with Crippen molar-refractivity contribution in [3.8, 4) is 0 Å². The van der Waals surface area contributed by atoms with E-state index in [2.05, 4.69) is 36.1 Å². The molecule has 2 unspecified atom stereocenters. The van der Waals surface area contributed by atoms with Crippen LogP contribution in [0.1, 0.15) is 37.8 Å². The van der Waals surface area contributed by atoms with E-state index in [0.29, 0.717) is 0 Å². The molecule has 1 aliphatic heterocycles. The molecule has 2 fully saturated rings. The standard InChI is InChI=1S/C14H20N2/c1-10(15)13-4-2-3-5-14(13)16-9-11-6-7-12(16)8-11/h2-5,10-12H,6-9,15H2,1H3/t10-,11?,12?/m0/s1. The summed E-state index contributed by atoms with van der Waals surface area (Å²) in [5, 5.41) is 0. The van der Waals surface area contributed by atoms with Gasteiger partial charge in [0.2, 0.25) is 0 Å². The number of fused-ring (bicyclic) bond motifs is 2. The van der Waals surface area contributed by atoms with Gasteiger partial charge in [0, 0.05) is 24.3 Å². The van der Waals surface area contributed by atoms with Crippen molar-refractivity contribution < 1.29 is 0 Å². The third kappa shape index (κ3) is 1.52. The summed E-state index contributed by atoms with van der Waals surface area (Å²) in [6, 6.07) is 9.55. The molecule has 3 atom stereocenters. The van der Waals surface area contributed by atoms with Gasteiger partial charge in [0.15, 0.2) is 0 Å². The van der Waals surface area contributed by atoms with Gasteiger partial charge in [-0.25, -0.2) is 0 Å². The maximum Gasteiger partial charge on any atom is 0.0417 e. The molecule has 86 valence electrons. The van der Waals surface area contributed by atoms with Crippen LogP contribution in [0.4, 0.5) is 5.69 Å². The molecule has 3 rings (SSSR count). The molecular weight excluding hydrogens is 196 g/mol. The number of nitrogens with two attached hydrogens (primary N) is 1. The second-order valence-corrected chi connectivity index (χ2v) is 5.33. The van der Waals surface area contributed by atoms with Crippen molar-refractivity contribution in [2.45, 2.75) is 38.3 Å². The highest BCUT2D eigenvalue weighted by atomic mass is 15.2. The van der Waals surface area contributed by atoms with E-state index in [9.17, 15) is 0 Å². The van der Waals surface area contributed by atoms with Gasteiger partial charge < -0.3 is 10.6 Å². The topological polar surface area (TPSA) is 29.3 Å². The summed E-state index contributed by atoms with van der Waals surface area (Å²) in [5.74, 6) is 0.936. The SMILES string of the molecule is C[C@H](N)c1ccccc1N1CC2CCC1C2. The minimum atomic E-state index is 0.135. The smallest absolute Gasteiger partial charge is 0.0417 e. The van der Waals surface area contributed by atoms with Crippen LogP contribution in [0.3, 0.4) is 0 Å². The Morgan fingerprint density at radius 2 is 2.12 bits per heavy atom. The van der Waals surface area contributed by atoms with Crippen molar-refractivity contribution >= 4 is 5.69 Å². The van der Waals surface area contributed by atoms with E-state index in [1.165, 1.54) is 37.1 Å². The average Bonchev–Trinajstić information content (AvgIpc) is 2.90. The number of rotatable bonds is 2. The first-order valence-electron chi connectivity index (χ1n) is 6.37. The van der Waals surface area contributed by atoms with E-state index in [1.54, 1.807) is 0 Å². The van der Waals surface area contributed by atoms with Crippen LogP contribution in [0.25, 0.3) is 0 Å². The van der Waals surface area contributed by atoms with Gasteiger partial charge in [0.1, 0.15) is 0 Å². The number of piperidine rings is 1. The minimum absolute atomic E-state index is 0.135. The maximum absolute atomic E-state index is 6.05. The van der Waals surface area contributed by atoms with Crippen molar-refractivity contribution in [1.82, 2.24) is 0 Å². The molecule has 0 spiro atoms. The number of benzene rings is 1. The number of hydrogen-bond acceptors (Lipinski definition) is 2. The lowest BCUT2D eigenvalue weighted by molar-refractivity contribution is 0.551. The highest BCUT2D eigenvalue weighted by Gasteiger charge is 2.38. The molecule has 1 heterocycles. The Kier molecular flexibility index (Phi) is 2.40. The van der Waals surface area contributed by atoms with Gasteiger partial charge in [-0.3, -0.25) is 0 Å². The second-order valence-electron chi connectivity index (χ2n) is 5.33. The molecule has 2 nitrogen and oxygen atoms in total. The molecule has 0 aromatic heterocycles. The monoisotopic (exact) mass is 216 g/mol. The third-order valence-electron chi connectivity index (χ3n) is 4.15. The molecule has 1 aromatic carbocycles. The normalized spacial score (nSPS) is 29.8. The molecule has 2 bridgehead atoms. The van der Waals surface area contributed by atoms with Gasteiger partial charge >= 0.3 is 0 Å². The summed E-state index contributed by atoms with van der Waals surface area (Å²) in [5.41, 5.74) is 8.73. The fraction of sp³-hybridized carbons (Fsp3) is 0.571. The van der Waals surface area contributed by atoms with Crippen LogP contribution >= 0.6 is 0 Å². The Morgan fingerprint density at radius 3 is 2.75 bits per heavy atom. The van der Waals surface area contributed by atoms with Gasteiger partial charge in [-0.15, -0.1) is 0 Å². The van der Waals surface area contributed by atoms with E-state index in [0.717, 1.165) is 12.0 Å². The van der Waals surface area contributed by atoms with Crippen LogP contribution in [0.15, 0.2) is 24.3 Å². The summed E-state index contributed by atoms with van der Waals surface area (Å²) < 4.78 is 0. The zero-order valence-corrected chi connectivity index (χ0v) is 9.89. The van der Waals surface area contributed by atoms with E-state index in [1.807, 2.05) is 0 Å². The molecule has 0 radical (unpaired) electrons. The summed E-state index contributed by atoms with van der Waals surface area (Å²) in [7, 11) is 0. The van der Waals surface area contributed by atoms with E-state index < -0.39 is 0 Å². The molecule has 1 aromatic rings. The van der Waals surface area contributed by atoms with Gasteiger partial charge in [-0.1, -0.05) is 18.2 Å². The third-order valence-corrected chi connectivity index (χ3v) is 4.15. The highest BCUT2D eigenvalue weighted by Crippen LogP contribution is 2.41. The van der Waals surface area contributed by atoms with Crippen molar-refractivity contribution in [3.05, 3.63) is 29.8 Å². The first-order chi connectivity index (χ1) is 7.75. The largest absolute Gasteiger partial charge is 0.368 e. The number of para-hydroxylation sites is 1. The number of anilines is 1. The highest BCUT2D eigenvalue weighted by molar-refractivity contribution is 5.57. The van der Waals surface area contributed by atoms with Crippen LogP contribution in [0.5, 0.6) is 0 Å². The predicted octanol–water partition coefficient (Wildman–Crippen LogP) is 2.70. The molecule has 0 amide bonds. The second kappa shape index (κ2) is 3.77. The van der Waals surface area contributed by atoms with Crippen LogP contribution < -0.4 is 10.6 Å². The number of nitrogens with zero attached hydrogens (tertiary/aromatic N) is 1. The van der Waals surface area contributed by atoms with Crippen molar-refractivity contribution in [2.24, 2.45) is 11.7 Å². The van der Waals surface area contributed by atoms with Crippen LogP contribution in [-0.4, -0.2) is 12.6 Å². The van der Waals surface area contributed by atoms with Gasteiger partial charge in [0.05, 0.1) is 0 Å². The number of hydrogen-bond donors (Lipinski definition) is 1. The maximum atomic E-state index is 6.05. The molecule has 1 aliphatic carbocycles. The Hall–Kier alpha value is -1.02. The fourth-order valence-corrected chi connectivity index (χ4v) is 3.35. The quantitative estimate of drug-likeness (QED) is 0.823. The van der Waals surface area contributed by atoms with Crippen molar-refractivity contribution in [1.29, 1.82) is 0 Å². The Labute approximate surface area is 97.4 Å². The van der Waals surface area contributed by atoms with Gasteiger partial charge in [-0.05, 0) is 43.7 Å². The molecule has 2 N–H and O–H groups in total. The zero-order valence-electron chi connectivity index (χ0n) is 9.89. The lowest BCUT2D eigenvalue weighted by Gasteiger charge is -2.31. The van der Waals surface area contributed by atoms with E-state index in [4.69, 9.17) is 5.73 Å². The van der Waals surface area contributed by atoms with Crippen LogP contribution in [-0.2, 0) is 0 Å². The van der Waals surface area contributed by atoms with Crippen LogP contribution in [0, 0.1) is 5.92 Å². The van der Waals surface area contributed by atoms with Gasteiger partial charge in [-0.2, -0.15) is 0 Å². The minimum Gasteiger partial charge on any atom is -0.368 e.